The summed E-state index contributed by atoms with van der Waals surface area (Å²) in [7, 11) is 0. The van der Waals surface area contributed by atoms with E-state index in [1.807, 2.05) is 26.8 Å². The van der Waals surface area contributed by atoms with Gasteiger partial charge in [-0.25, -0.2) is 4.79 Å². The number of benzene rings is 1. The lowest BCUT2D eigenvalue weighted by Crippen LogP contribution is -2.44. The van der Waals surface area contributed by atoms with E-state index in [1.165, 1.54) is 0 Å². The molecule has 1 saturated heterocycles. The van der Waals surface area contributed by atoms with Crippen LogP contribution in [0.25, 0.3) is 0 Å². The lowest BCUT2D eigenvalue weighted by atomic mass is 10.1. The SMILES string of the molecule is CC(C)(C)OC(=O)N1CCC(Oc2ccc(N)c(N)c2)CC1. The van der Waals surface area contributed by atoms with E-state index < -0.39 is 5.60 Å². The Bertz CT molecular complexity index is 532. The quantitative estimate of drug-likeness (QED) is 0.820. The van der Waals surface area contributed by atoms with Crippen LogP contribution in [0.2, 0.25) is 0 Å². The molecule has 6 nitrogen and oxygen atoms in total. The van der Waals surface area contributed by atoms with Crippen LogP contribution >= 0.6 is 0 Å². The lowest BCUT2D eigenvalue weighted by Gasteiger charge is -2.33. The fraction of sp³-hybridized carbons (Fsp3) is 0.562. The van der Waals surface area contributed by atoms with Crippen LogP contribution in [0.4, 0.5) is 16.2 Å². The van der Waals surface area contributed by atoms with Crippen molar-refractivity contribution in [2.75, 3.05) is 24.6 Å². The molecule has 122 valence electrons. The number of anilines is 2. The largest absolute Gasteiger partial charge is 0.490 e. The average molecular weight is 307 g/mol. The number of ether oxygens (including phenoxy) is 2. The number of hydrogen-bond acceptors (Lipinski definition) is 5. The first-order valence-electron chi connectivity index (χ1n) is 7.54. The zero-order chi connectivity index (χ0) is 16.3. The van der Waals surface area contributed by atoms with Crippen LogP contribution in [0.15, 0.2) is 18.2 Å². The summed E-state index contributed by atoms with van der Waals surface area (Å²) in [6, 6.07) is 5.28. The van der Waals surface area contributed by atoms with Crippen LogP contribution in [-0.2, 0) is 4.74 Å². The first-order valence-corrected chi connectivity index (χ1v) is 7.54. The van der Waals surface area contributed by atoms with E-state index in [0.717, 1.165) is 12.8 Å². The molecule has 6 heteroatoms. The number of nitrogens with zero attached hydrogens (tertiary/aromatic N) is 1. The summed E-state index contributed by atoms with van der Waals surface area (Å²) in [5, 5.41) is 0. The topological polar surface area (TPSA) is 90.8 Å². The Morgan fingerprint density at radius 2 is 1.82 bits per heavy atom. The van der Waals surface area contributed by atoms with Gasteiger partial charge >= 0.3 is 6.09 Å². The van der Waals surface area contributed by atoms with Gasteiger partial charge in [-0.05, 0) is 32.9 Å². The molecule has 1 aromatic rings. The van der Waals surface area contributed by atoms with Gasteiger partial charge in [0, 0.05) is 32.0 Å². The predicted molar refractivity (Wildman–Crippen MR) is 86.7 cm³/mol. The molecule has 0 unspecified atom stereocenters. The zero-order valence-electron chi connectivity index (χ0n) is 13.5. The number of hydrogen-bond donors (Lipinski definition) is 2. The summed E-state index contributed by atoms with van der Waals surface area (Å²) in [6.07, 6.45) is 1.34. The molecule has 1 aliphatic rings. The first kappa shape index (κ1) is 16.3. The highest BCUT2D eigenvalue weighted by Crippen LogP contribution is 2.25. The maximum Gasteiger partial charge on any atom is 0.410 e. The van der Waals surface area contributed by atoms with Crippen molar-refractivity contribution in [1.82, 2.24) is 4.90 Å². The first-order chi connectivity index (χ1) is 10.2. The monoisotopic (exact) mass is 307 g/mol. The Kier molecular flexibility index (Phi) is 4.68. The molecular formula is C16H25N3O3. The Labute approximate surface area is 131 Å². The van der Waals surface area contributed by atoms with Crippen molar-refractivity contribution in [1.29, 1.82) is 0 Å². The van der Waals surface area contributed by atoms with Crippen molar-refractivity contribution in [2.24, 2.45) is 0 Å². The predicted octanol–water partition coefficient (Wildman–Crippen LogP) is 2.63. The third-order valence-corrected chi connectivity index (χ3v) is 3.45. The highest BCUT2D eigenvalue weighted by atomic mass is 16.6. The molecule has 1 fully saturated rings. The van der Waals surface area contributed by atoms with E-state index in [-0.39, 0.29) is 12.2 Å². The maximum atomic E-state index is 12.0. The van der Waals surface area contributed by atoms with E-state index in [2.05, 4.69) is 0 Å². The van der Waals surface area contributed by atoms with Crippen LogP contribution in [0.5, 0.6) is 5.75 Å². The van der Waals surface area contributed by atoms with Gasteiger partial charge in [-0.15, -0.1) is 0 Å². The van der Waals surface area contributed by atoms with E-state index >= 15 is 0 Å². The van der Waals surface area contributed by atoms with Gasteiger partial charge in [-0.2, -0.15) is 0 Å². The van der Waals surface area contributed by atoms with Crippen molar-refractivity contribution in [3.63, 3.8) is 0 Å². The molecule has 0 aromatic heterocycles. The summed E-state index contributed by atoms with van der Waals surface area (Å²) < 4.78 is 11.3. The van der Waals surface area contributed by atoms with Gasteiger partial charge in [-0.3, -0.25) is 0 Å². The van der Waals surface area contributed by atoms with Crippen molar-refractivity contribution in [3.8, 4) is 5.75 Å². The van der Waals surface area contributed by atoms with Crippen LogP contribution in [0, 0.1) is 0 Å². The number of likely N-dealkylation sites (tertiary alicyclic amines) is 1. The molecule has 0 saturated carbocycles. The van der Waals surface area contributed by atoms with Gasteiger partial charge in [0.2, 0.25) is 0 Å². The van der Waals surface area contributed by atoms with Gasteiger partial charge in [0.05, 0.1) is 11.4 Å². The van der Waals surface area contributed by atoms with Gasteiger partial charge in [0.1, 0.15) is 17.5 Å². The lowest BCUT2D eigenvalue weighted by molar-refractivity contribution is 0.0127. The molecule has 1 heterocycles. The maximum absolute atomic E-state index is 12.0. The van der Waals surface area contributed by atoms with E-state index in [1.54, 1.807) is 17.0 Å². The number of nitrogen functional groups attached to an aromatic ring is 2. The second-order valence-electron chi connectivity index (χ2n) is 6.58. The van der Waals surface area contributed by atoms with Gasteiger partial charge in [0.25, 0.3) is 0 Å². The van der Waals surface area contributed by atoms with Crippen molar-refractivity contribution >= 4 is 17.5 Å². The number of carbonyl (C=O) groups excluding carboxylic acids is 1. The standard InChI is InChI=1S/C16H25N3O3/c1-16(2,3)22-15(20)19-8-6-11(7-9-19)21-12-4-5-13(17)14(18)10-12/h4-5,10-11H,6-9,17-18H2,1-3H3. The Balaban J connectivity index is 1.84. The second-order valence-corrected chi connectivity index (χ2v) is 6.58. The van der Waals surface area contributed by atoms with Crippen molar-refractivity contribution in [3.05, 3.63) is 18.2 Å². The molecule has 0 radical (unpaired) electrons. The minimum absolute atomic E-state index is 0.0710. The molecule has 22 heavy (non-hydrogen) atoms. The van der Waals surface area contributed by atoms with Gasteiger partial charge in [-0.1, -0.05) is 0 Å². The van der Waals surface area contributed by atoms with Crippen LogP contribution < -0.4 is 16.2 Å². The molecule has 0 atom stereocenters. The van der Waals surface area contributed by atoms with Crippen LogP contribution in [0.1, 0.15) is 33.6 Å². The Hall–Kier alpha value is -2.11. The Morgan fingerprint density at radius 1 is 1.18 bits per heavy atom. The molecule has 4 N–H and O–H groups in total. The Morgan fingerprint density at radius 3 is 2.36 bits per heavy atom. The fourth-order valence-electron chi connectivity index (χ4n) is 2.30. The third kappa shape index (κ3) is 4.44. The third-order valence-electron chi connectivity index (χ3n) is 3.45. The molecule has 1 amide bonds. The number of rotatable bonds is 2. The van der Waals surface area contributed by atoms with Crippen molar-refractivity contribution in [2.45, 2.75) is 45.3 Å². The smallest absolute Gasteiger partial charge is 0.410 e. The molecule has 0 bridgehead atoms. The van der Waals surface area contributed by atoms with Gasteiger partial charge < -0.3 is 25.8 Å². The molecule has 1 aromatic carbocycles. The normalized spacial score (nSPS) is 16.4. The number of amides is 1. The molecule has 2 rings (SSSR count). The summed E-state index contributed by atoms with van der Waals surface area (Å²) in [6.45, 7) is 6.86. The summed E-state index contributed by atoms with van der Waals surface area (Å²) in [5.41, 5.74) is 12.1. The van der Waals surface area contributed by atoms with Crippen LogP contribution in [0.3, 0.4) is 0 Å². The summed E-state index contributed by atoms with van der Waals surface area (Å²) in [5.74, 6) is 0.711. The molecule has 0 spiro atoms. The fourth-order valence-corrected chi connectivity index (χ4v) is 2.30. The minimum Gasteiger partial charge on any atom is -0.490 e. The molecular weight excluding hydrogens is 282 g/mol. The molecule has 0 aliphatic carbocycles. The van der Waals surface area contributed by atoms with Crippen LogP contribution in [-0.4, -0.2) is 35.8 Å². The number of piperidine rings is 1. The highest BCUT2D eigenvalue weighted by molar-refractivity contribution is 5.68. The zero-order valence-corrected chi connectivity index (χ0v) is 13.5. The van der Waals surface area contributed by atoms with Crippen molar-refractivity contribution < 1.29 is 14.3 Å². The van der Waals surface area contributed by atoms with E-state index in [4.69, 9.17) is 20.9 Å². The number of carbonyl (C=O) groups is 1. The highest BCUT2D eigenvalue weighted by Gasteiger charge is 2.27. The second kappa shape index (κ2) is 6.34. The minimum atomic E-state index is -0.466. The average Bonchev–Trinajstić information content (AvgIpc) is 2.42. The van der Waals surface area contributed by atoms with E-state index in [9.17, 15) is 4.79 Å². The summed E-state index contributed by atoms with van der Waals surface area (Å²) in [4.78, 5) is 13.7. The van der Waals surface area contributed by atoms with Gasteiger partial charge in [0.15, 0.2) is 0 Å². The van der Waals surface area contributed by atoms with E-state index in [0.29, 0.717) is 30.2 Å². The molecule has 1 aliphatic heterocycles. The number of nitrogens with two attached hydrogens (primary N) is 2. The summed E-state index contributed by atoms with van der Waals surface area (Å²) >= 11 is 0.